The third-order valence-electron chi connectivity index (χ3n) is 10.9. The highest BCUT2D eigenvalue weighted by Crippen LogP contribution is 2.56. The first-order valence-corrected chi connectivity index (χ1v) is 19.5. The van der Waals surface area contributed by atoms with Gasteiger partial charge in [-0.15, -0.1) is 0 Å². The molecule has 7 rings (SSSR count). The number of oxime groups is 2. The zero-order valence-corrected chi connectivity index (χ0v) is 33.4. The molecular formula is C49H46N4O6. The highest BCUT2D eigenvalue weighted by atomic mass is 16.7. The lowest BCUT2D eigenvalue weighted by Gasteiger charge is -2.34. The van der Waals surface area contributed by atoms with Crippen molar-refractivity contribution in [2.24, 2.45) is 22.1 Å². The first-order valence-electron chi connectivity index (χ1n) is 19.5. The highest BCUT2D eigenvalue weighted by molar-refractivity contribution is 6.06. The maximum absolute atomic E-state index is 13.2. The van der Waals surface area contributed by atoms with Crippen LogP contribution in [-0.4, -0.2) is 61.1 Å². The summed E-state index contributed by atoms with van der Waals surface area (Å²) in [4.78, 5) is 40.2. The number of benzene rings is 6. The summed E-state index contributed by atoms with van der Waals surface area (Å²) in [5.74, 6) is -0.980. The van der Waals surface area contributed by atoms with Gasteiger partial charge in [0.05, 0.1) is 30.1 Å². The second kappa shape index (κ2) is 17.7. The third-order valence-corrected chi connectivity index (χ3v) is 10.9. The van der Waals surface area contributed by atoms with Crippen molar-refractivity contribution in [2.45, 2.75) is 19.3 Å². The molecule has 0 radical (unpaired) electrons. The van der Waals surface area contributed by atoms with Gasteiger partial charge in [-0.2, -0.15) is 0 Å². The van der Waals surface area contributed by atoms with Crippen molar-refractivity contribution >= 4 is 35.0 Å². The van der Waals surface area contributed by atoms with Crippen LogP contribution in [0.25, 0.3) is 11.1 Å². The summed E-state index contributed by atoms with van der Waals surface area (Å²) in [6.07, 6.45) is -1.36. The molecule has 2 amide bonds. The third kappa shape index (κ3) is 7.88. The number of aliphatic hydroxyl groups is 2. The van der Waals surface area contributed by atoms with E-state index in [-0.39, 0.29) is 13.2 Å². The van der Waals surface area contributed by atoms with Crippen molar-refractivity contribution < 1.29 is 29.5 Å². The van der Waals surface area contributed by atoms with Crippen LogP contribution >= 0.6 is 0 Å². The van der Waals surface area contributed by atoms with Crippen molar-refractivity contribution in [1.82, 2.24) is 0 Å². The number of hydrogen-bond acceptors (Lipinski definition) is 8. The van der Waals surface area contributed by atoms with E-state index in [0.29, 0.717) is 33.9 Å². The molecule has 298 valence electrons. The van der Waals surface area contributed by atoms with Crippen LogP contribution in [0, 0.1) is 11.8 Å². The van der Waals surface area contributed by atoms with Crippen LogP contribution in [0.3, 0.4) is 0 Å². The minimum absolute atomic E-state index is 0.238. The maximum atomic E-state index is 13.2. The Kier molecular flexibility index (Phi) is 12.1. The van der Waals surface area contributed by atoms with Gasteiger partial charge in [-0.05, 0) is 69.8 Å². The number of anilines is 2. The Morgan fingerprint density at radius 1 is 0.542 bits per heavy atom. The molecule has 0 fully saturated rings. The minimum atomic E-state index is -0.750. The van der Waals surface area contributed by atoms with Gasteiger partial charge in [0.15, 0.2) is 0 Å². The molecule has 10 heteroatoms. The average Bonchev–Trinajstić information content (AvgIpc) is 3.59. The number of hydrogen-bond donors (Lipinski definition) is 2. The molecule has 2 unspecified atom stereocenters. The molecule has 2 atom stereocenters. The molecule has 0 spiro atoms. The molecule has 10 nitrogen and oxygen atoms in total. The topological polar surface area (TPSA) is 124 Å². The molecule has 2 N–H and O–H groups in total. The van der Waals surface area contributed by atoms with Crippen LogP contribution in [0.5, 0.6) is 0 Å². The molecule has 59 heavy (non-hydrogen) atoms. The van der Waals surface area contributed by atoms with Gasteiger partial charge >= 0.3 is 12.2 Å². The molecule has 6 aromatic rings. The van der Waals surface area contributed by atoms with E-state index < -0.39 is 29.4 Å². The van der Waals surface area contributed by atoms with Crippen LogP contribution in [0.2, 0.25) is 0 Å². The molecule has 0 aromatic heterocycles. The Bertz CT molecular complexity index is 2300. The summed E-state index contributed by atoms with van der Waals surface area (Å²) >= 11 is 0. The normalized spacial score (nSPS) is 14.1. The molecule has 0 aliphatic heterocycles. The molecule has 0 saturated heterocycles. The maximum Gasteiger partial charge on any atom is 0.440 e. The summed E-state index contributed by atoms with van der Waals surface area (Å²) in [7, 11) is 3.22. The average molecular weight is 787 g/mol. The van der Waals surface area contributed by atoms with Crippen molar-refractivity contribution in [3.63, 3.8) is 0 Å². The fraction of sp³-hybridized carbons (Fsp3) is 0.184. The summed E-state index contributed by atoms with van der Waals surface area (Å²) in [5.41, 5.74) is 8.52. The highest BCUT2D eigenvalue weighted by Gasteiger charge is 2.46. The van der Waals surface area contributed by atoms with E-state index in [4.69, 9.17) is 9.68 Å². The van der Waals surface area contributed by atoms with Gasteiger partial charge in [-0.1, -0.05) is 145 Å². The van der Waals surface area contributed by atoms with Crippen molar-refractivity contribution in [3.05, 3.63) is 191 Å². The lowest BCUT2D eigenvalue weighted by Crippen LogP contribution is -2.29. The van der Waals surface area contributed by atoms with Crippen LogP contribution in [0.4, 0.5) is 21.0 Å². The van der Waals surface area contributed by atoms with Gasteiger partial charge < -0.3 is 10.2 Å². The number of fused-ring (bicyclic) bond motifs is 3. The Morgan fingerprint density at radius 3 is 1.22 bits per heavy atom. The standard InChI is InChI=1S/C49H46N4O6/c1-33(31-54)45(50-58-47(56)52(3)39-21-13-7-14-22-39)35-25-27-43-41(29-35)42-30-36(46(34(2)32-55)51-59-48(57)53(4)40-23-15-8-16-24-40)26-28-44(42)49(43,37-17-9-5-10-18-37)38-19-11-6-12-20-38/h5-30,33-34,54-55H,31-32H2,1-4H3/b50-45+,51-46+. The van der Waals surface area contributed by atoms with Gasteiger partial charge in [-0.3, -0.25) is 19.5 Å². The van der Waals surface area contributed by atoms with Gasteiger partial charge in [0.1, 0.15) is 0 Å². The van der Waals surface area contributed by atoms with Crippen LogP contribution < -0.4 is 9.80 Å². The van der Waals surface area contributed by atoms with Gasteiger partial charge in [0.2, 0.25) is 0 Å². The largest absolute Gasteiger partial charge is 0.440 e. The van der Waals surface area contributed by atoms with Crippen molar-refractivity contribution in [3.8, 4) is 11.1 Å². The number of nitrogens with zero attached hydrogens (tertiary/aromatic N) is 4. The second-order valence-electron chi connectivity index (χ2n) is 14.6. The number of carbonyl (C=O) groups excluding carboxylic acids is 2. The lowest BCUT2D eigenvalue weighted by molar-refractivity contribution is 0.157. The molecule has 1 aliphatic rings. The Balaban J connectivity index is 1.38. The number of amides is 2. The monoisotopic (exact) mass is 786 g/mol. The summed E-state index contributed by atoms with van der Waals surface area (Å²) in [6, 6.07) is 51.0. The van der Waals surface area contributed by atoms with Crippen LogP contribution in [0.15, 0.2) is 168 Å². The lowest BCUT2D eigenvalue weighted by atomic mass is 9.67. The number of rotatable bonds is 12. The second-order valence-corrected chi connectivity index (χ2v) is 14.6. The molecular weight excluding hydrogens is 741 g/mol. The zero-order valence-electron chi connectivity index (χ0n) is 33.4. The van der Waals surface area contributed by atoms with Crippen LogP contribution in [0.1, 0.15) is 47.2 Å². The van der Waals surface area contributed by atoms with Gasteiger partial charge in [0, 0.05) is 48.4 Å². The summed E-state index contributed by atoms with van der Waals surface area (Å²) < 4.78 is 0. The molecule has 6 aromatic carbocycles. The predicted octanol–water partition coefficient (Wildman–Crippen LogP) is 9.26. The Morgan fingerprint density at radius 2 is 0.881 bits per heavy atom. The minimum Gasteiger partial charge on any atom is -0.396 e. The molecule has 1 aliphatic carbocycles. The van der Waals surface area contributed by atoms with Crippen molar-refractivity contribution in [2.75, 3.05) is 37.1 Å². The SMILES string of the molecule is CC(CO)/C(=N\OC(=O)N(C)c1ccccc1)c1ccc2c(c1)-c1cc(/C(=N/OC(=O)N(C)c3ccccc3)C(C)CO)ccc1C2(c1ccccc1)c1ccccc1. The fourth-order valence-corrected chi connectivity index (χ4v) is 7.66. The van der Waals surface area contributed by atoms with Crippen LogP contribution in [-0.2, 0) is 15.1 Å². The van der Waals surface area contributed by atoms with E-state index in [1.807, 2.05) is 111 Å². The quantitative estimate of drug-likeness (QED) is 0.0723. The van der Waals surface area contributed by atoms with E-state index in [1.54, 1.807) is 38.4 Å². The van der Waals surface area contributed by atoms with E-state index in [0.717, 1.165) is 33.4 Å². The predicted molar refractivity (Wildman–Crippen MR) is 232 cm³/mol. The number of para-hydroxylation sites is 2. The number of aliphatic hydroxyl groups excluding tert-OH is 2. The summed E-state index contributed by atoms with van der Waals surface area (Å²) in [5, 5.41) is 29.6. The summed E-state index contributed by atoms with van der Waals surface area (Å²) in [6.45, 7) is 3.16. The number of carbonyl (C=O) groups is 2. The first kappa shape index (κ1) is 40.3. The van der Waals surface area contributed by atoms with Gasteiger partial charge in [-0.25, -0.2) is 9.59 Å². The van der Waals surface area contributed by atoms with Crippen molar-refractivity contribution in [1.29, 1.82) is 0 Å². The first-order chi connectivity index (χ1) is 28.7. The van der Waals surface area contributed by atoms with E-state index in [9.17, 15) is 19.8 Å². The van der Waals surface area contributed by atoms with Gasteiger partial charge in [0.25, 0.3) is 0 Å². The molecule has 0 heterocycles. The Hall–Kier alpha value is -6.88. The Labute approximate surface area is 344 Å². The van der Waals surface area contributed by atoms with E-state index >= 15 is 0 Å². The molecule has 0 bridgehead atoms. The zero-order chi connectivity index (χ0) is 41.5. The fourth-order valence-electron chi connectivity index (χ4n) is 7.66. The molecule has 0 saturated carbocycles. The smallest absolute Gasteiger partial charge is 0.396 e. The van der Waals surface area contributed by atoms with E-state index in [2.05, 4.69) is 46.7 Å². The van der Waals surface area contributed by atoms with E-state index in [1.165, 1.54) is 9.80 Å².